The van der Waals surface area contributed by atoms with Crippen molar-refractivity contribution in [1.82, 2.24) is 0 Å². The molecule has 1 atom stereocenters. The fraction of sp³-hybridized carbons (Fsp3) is 0.400. The Hall–Kier alpha value is -1.07. The molecule has 0 saturated heterocycles. The summed E-state index contributed by atoms with van der Waals surface area (Å²) < 4.78 is 22.7. The third-order valence-corrected chi connectivity index (χ3v) is 3.98. The van der Waals surface area contributed by atoms with Gasteiger partial charge >= 0.3 is 0 Å². The van der Waals surface area contributed by atoms with Gasteiger partial charge in [-0.3, -0.25) is 0 Å². The van der Waals surface area contributed by atoms with Crippen molar-refractivity contribution in [2.24, 2.45) is 5.73 Å². The molecule has 0 aliphatic rings. The highest BCUT2D eigenvalue weighted by atomic mass is 32.2. The summed E-state index contributed by atoms with van der Waals surface area (Å²) in [4.78, 5) is 0. The van der Waals surface area contributed by atoms with Crippen LogP contribution in [0.25, 0.3) is 0 Å². The number of benzene rings is 1. The van der Waals surface area contributed by atoms with E-state index in [0.29, 0.717) is 5.69 Å². The average molecular weight is 228 g/mol. The predicted octanol–water partition coefficient (Wildman–Crippen LogP) is 0.703. The lowest BCUT2D eigenvalue weighted by molar-refractivity contribution is 0.590. The van der Waals surface area contributed by atoms with Gasteiger partial charge in [0.15, 0.2) is 9.84 Å². The Morgan fingerprint density at radius 1 is 1.27 bits per heavy atom. The molecular formula is C10H16N2O2S. The van der Waals surface area contributed by atoms with Gasteiger partial charge in [0.1, 0.15) is 0 Å². The highest BCUT2D eigenvalue weighted by molar-refractivity contribution is 7.91. The SMILES string of the molecule is CCS(=O)(=O)C[C@H](N)c1ccc(N)cc1. The molecule has 5 heteroatoms. The van der Waals surface area contributed by atoms with E-state index >= 15 is 0 Å². The summed E-state index contributed by atoms with van der Waals surface area (Å²) in [5.41, 5.74) is 12.7. The molecular weight excluding hydrogens is 212 g/mol. The van der Waals surface area contributed by atoms with Gasteiger partial charge in [0, 0.05) is 17.5 Å². The monoisotopic (exact) mass is 228 g/mol. The number of nitrogen functional groups attached to an aromatic ring is 1. The molecule has 0 unspecified atom stereocenters. The first-order chi connectivity index (χ1) is 6.94. The van der Waals surface area contributed by atoms with E-state index in [4.69, 9.17) is 11.5 Å². The molecule has 0 amide bonds. The molecule has 0 fully saturated rings. The van der Waals surface area contributed by atoms with Crippen molar-refractivity contribution < 1.29 is 8.42 Å². The summed E-state index contributed by atoms with van der Waals surface area (Å²) in [6.45, 7) is 1.62. The van der Waals surface area contributed by atoms with E-state index in [-0.39, 0.29) is 11.5 Å². The Labute approximate surface area is 90.2 Å². The summed E-state index contributed by atoms with van der Waals surface area (Å²) in [7, 11) is -3.03. The van der Waals surface area contributed by atoms with E-state index in [9.17, 15) is 8.42 Å². The highest BCUT2D eigenvalue weighted by Crippen LogP contribution is 2.14. The van der Waals surface area contributed by atoms with Crippen LogP contribution in [0.1, 0.15) is 18.5 Å². The first-order valence-electron chi connectivity index (χ1n) is 4.76. The third-order valence-electron chi connectivity index (χ3n) is 2.24. The molecule has 1 rings (SSSR count). The van der Waals surface area contributed by atoms with Crippen LogP contribution in [0.15, 0.2) is 24.3 Å². The van der Waals surface area contributed by atoms with Crippen molar-refractivity contribution in [3.8, 4) is 0 Å². The lowest BCUT2D eigenvalue weighted by Crippen LogP contribution is -2.22. The van der Waals surface area contributed by atoms with Crippen molar-refractivity contribution in [2.75, 3.05) is 17.2 Å². The van der Waals surface area contributed by atoms with Crippen LogP contribution in [0, 0.1) is 0 Å². The second-order valence-corrected chi connectivity index (χ2v) is 5.87. The van der Waals surface area contributed by atoms with Gasteiger partial charge in [-0.2, -0.15) is 0 Å². The summed E-state index contributed by atoms with van der Waals surface area (Å²) in [5, 5.41) is 0. The normalized spacial score (nSPS) is 13.7. The zero-order valence-electron chi connectivity index (χ0n) is 8.68. The number of anilines is 1. The van der Waals surface area contributed by atoms with Crippen LogP contribution in [0.4, 0.5) is 5.69 Å². The van der Waals surface area contributed by atoms with Crippen LogP contribution in [0.3, 0.4) is 0 Å². The molecule has 1 aromatic carbocycles. The zero-order chi connectivity index (χ0) is 11.5. The molecule has 84 valence electrons. The molecule has 15 heavy (non-hydrogen) atoms. The predicted molar refractivity (Wildman–Crippen MR) is 62.1 cm³/mol. The van der Waals surface area contributed by atoms with Crippen molar-refractivity contribution in [1.29, 1.82) is 0 Å². The van der Waals surface area contributed by atoms with E-state index in [1.54, 1.807) is 31.2 Å². The molecule has 0 aliphatic heterocycles. The average Bonchev–Trinajstić information content (AvgIpc) is 2.18. The Balaban J connectivity index is 2.78. The molecule has 0 bridgehead atoms. The van der Waals surface area contributed by atoms with Crippen LogP contribution in [-0.4, -0.2) is 19.9 Å². The van der Waals surface area contributed by atoms with Crippen LogP contribution in [0.5, 0.6) is 0 Å². The second kappa shape index (κ2) is 4.63. The van der Waals surface area contributed by atoms with Gasteiger partial charge < -0.3 is 11.5 Å². The van der Waals surface area contributed by atoms with Gasteiger partial charge in [-0.05, 0) is 17.7 Å². The number of hydrogen-bond donors (Lipinski definition) is 2. The smallest absolute Gasteiger partial charge is 0.151 e. The van der Waals surface area contributed by atoms with Gasteiger partial charge in [-0.15, -0.1) is 0 Å². The van der Waals surface area contributed by atoms with Crippen LogP contribution in [0.2, 0.25) is 0 Å². The molecule has 0 aliphatic carbocycles. The van der Waals surface area contributed by atoms with Gasteiger partial charge in [0.2, 0.25) is 0 Å². The summed E-state index contributed by atoms with van der Waals surface area (Å²) >= 11 is 0. The van der Waals surface area contributed by atoms with Gasteiger partial charge in [0.05, 0.1) is 5.75 Å². The molecule has 0 radical (unpaired) electrons. The topological polar surface area (TPSA) is 86.2 Å². The number of sulfone groups is 1. The minimum atomic E-state index is -3.03. The second-order valence-electron chi connectivity index (χ2n) is 3.47. The fourth-order valence-corrected chi connectivity index (χ4v) is 2.21. The maximum Gasteiger partial charge on any atom is 0.151 e. The number of hydrogen-bond acceptors (Lipinski definition) is 4. The van der Waals surface area contributed by atoms with Crippen molar-refractivity contribution >= 4 is 15.5 Å². The molecule has 0 saturated carbocycles. The lowest BCUT2D eigenvalue weighted by Gasteiger charge is -2.11. The Morgan fingerprint density at radius 3 is 2.27 bits per heavy atom. The van der Waals surface area contributed by atoms with E-state index in [1.165, 1.54) is 0 Å². The quantitative estimate of drug-likeness (QED) is 0.743. The maximum absolute atomic E-state index is 11.3. The van der Waals surface area contributed by atoms with E-state index < -0.39 is 15.9 Å². The van der Waals surface area contributed by atoms with Gasteiger partial charge in [-0.1, -0.05) is 19.1 Å². The lowest BCUT2D eigenvalue weighted by atomic mass is 10.1. The van der Waals surface area contributed by atoms with Crippen LogP contribution < -0.4 is 11.5 Å². The summed E-state index contributed by atoms with van der Waals surface area (Å²) in [6, 6.07) is 6.47. The van der Waals surface area contributed by atoms with Crippen molar-refractivity contribution in [3.63, 3.8) is 0 Å². The van der Waals surface area contributed by atoms with Gasteiger partial charge in [0.25, 0.3) is 0 Å². The summed E-state index contributed by atoms with van der Waals surface area (Å²) in [6.07, 6.45) is 0. The van der Waals surface area contributed by atoms with E-state index in [0.717, 1.165) is 5.56 Å². The van der Waals surface area contributed by atoms with Crippen molar-refractivity contribution in [2.45, 2.75) is 13.0 Å². The largest absolute Gasteiger partial charge is 0.399 e. The minimum Gasteiger partial charge on any atom is -0.399 e. The fourth-order valence-electron chi connectivity index (χ4n) is 1.23. The number of nitrogens with two attached hydrogens (primary N) is 2. The first-order valence-corrected chi connectivity index (χ1v) is 6.58. The van der Waals surface area contributed by atoms with Crippen LogP contribution in [-0.2, 0) is 9.84 Å². The molecule has 0 heterocycles. The third kappa shape index (κ3) is 3.53. The zero-order valence-corrected chi connectivity index (χ0v) is 9.50. The minimum absolute atomic E-state index is 0.0204. The Kier molecular flexibility index (Phi) is 3.71. The molecule has 4 N–H and O–H groups in total. The maximum atomic E-state index is 11.3. The molecule has 0 spiro atoms. The highest BCUT2D eigenvalue weighted by Gasteiger charge is 2.15. The van der Waals surface area contributed by atoms with Crippen molar-refractivity contribution in [3.05, 3.63) is 29.8 Å². The van der Waals surface area contributed by atoms with Crippen LogP contribution >= 0.6 is 0 Å². The molecule has 0 aromatic heterocycles. The standard InChI is InChI=1S/C10H16N2O2S/c1-2-15(13,14)7-10(12)8-3-5-9(11)6-4-8/h3-6,10H,2,7,11-12H2,1H3/t10-/m0/s1. The first kappa shape index (κ1) is 12.0. The van der Waals surface area contributed by atoms with E-state index in [2.05, 4.69) is 0 Å². The van der Waals surface area contributed by atoms with E-state index in [1.807, 2.05) is 0 Å². The molecule has 1 aromatic rings. The Bertz CT molecular complexity index is 412. The summed E-state index contributed by atoms with van der Waals surface area (Å²) in [5.74, 6) is 0.100. The Morgan fingerprint density at radius 2 is 1.80 bits per heavy atom. The molecule has 4 nitrogen and oxygen atoms in total. The number of rotatable bonds is 4. The van der Waals surface area contributed by atoms with Gasteiger partial charge in [-0.25, -0.2) is 8.42 Å².